The second kappa shape index (κ2) is 5.24. The van der Waals surface area contributed by atoms with Crippen LogP contribution >= 0.6 is 0 Å². The molecule has 4 aliphatic carbocycles. The van der Waals surface area contributed by atoms with Crippen LogP contribution in [0.4, 0.5) is 0 Å². The highest BCUT2D eigenvalue weighted by atomic mass is 14.9. The van der Waals surface area contributed by atoms with Gasteiger partial charge < -0.3 is 22.9 Å². The van der Waals surface area contributed by atoms with E-state index in [0.29, 0.717) is 11.5 Å². The first-order chi connectivity index (χ1) is 9.51. The Balaban J connectivity index is 0.000000123. The molecule has 4 nitrogen and oxygen atoms in total. The van der Waals surface area contributed by atoms with Crippen LogP contribution in [0, 0.1) is 23.2 Å². The smallest absolute Gasteiger partial charge is 0.0310 e. The van der Waals surface area contributed by atoms with Crippen LogP contribution < -0.4 is 22.9 Å². The van der Waals surface area contributed by atoms with Gasteiger partial charge in [0.25, 0.3) is 0 Å². The summed E-state index contributed by atoms with van der Waals surface area (Å²) in [5.74, 6) is 2.57. The van der Waals surface area contributed by atoms with E-state index in [1.807, 2.05) is 0 Å². The van der Waals surface area contributed by atoms with Crippen molar-refractivity contribution >= 4 is 0 Å². The number of nitrogens with two attached hydrogens (primary N) is 4. The van der Waals surface area contributed by atoms with Crippen LogP contribution in [-0.2, 0) is 0 Å². The van der Waals surface area contributed by atoms with Crippen molar-refractivity contribution in [1.82, 2.24) is 0 Å². The molecule has 0 aromatic heterocycles. The maximum Gasteiger partial charge on any atom is 0.0310 e. The van der Waals surface area contributed by atoms with E-state index in [1.165, 1.54) is 51.4 Å². The number of hydrogen-bond donors (Lipinski definition) is 4. The van der Waals surface area contributed by atoms with E-state index in [4.69, 9.17) is 22.9 Å². The van der Waals surface area contributed by atoms with E-state index in [1.54, 1.807) is 0 Å². The van der Waals surface area contributed by atoms with Crippen molar-refractivity contribution in [3.05, 3.63) is 0 Å². The first-order valence-electron chi connectivity index (χ1n) is 8.46. The maximum absolute atomic E-state index is 6.02. The zero-order valence-corrected chi connectivity index (χ0v) is 12.7. The molecule has 116 valence electrons. The van der Waals surface area contributed by atoms with Gasteiger partial charge in [-0.1, -0.05) is 0 Å². The summed E-state index contributed by atoms with van der Waals surface area (Å²) in [6, 6.07) is 0.302. The molecule has 4 aliphatic rings. The molecular formula is C16H32N4. The molecule has 0 amide bonds. The largest absolute Gasteiger partial charge is 0.330 e. The van der Waals surface area contributed by atoms with Crippen LogP contribution in [-0.4, -0.2) is 24.7 Å². The summed E-state index contributed by atoms with van der Waals surface area (Å²) < 4.78 is 0. The standard InChI is InChI=1S/C9H18N2.C7H14N2/c10-5-8-3-7-1-2-9(8,4-7)6-11;8-6-3-5-1-2-7(6,9)4-5/h7-8H,1-6,10-11H2;5-6H,1-4,8-9H2. The Morgan fingerprint density at radius 3 is 2.00 bits per heavy atom. The van der Waals surface area contributed by atoms with Crippen molar-refractivity contribution in [2.24, 2.45) is 46.1 Å². The third kappa shape index (κ3) is 2.31. The van der Waals surface area contributed by atoms with Crippen molar-refractivity contribution < 1.29 is 0 Å². The van der Waals surface area contributed by atoms with Gasteiger partial charge in [-0.2, -0.15) is 0 Å². The van der Waals surface area contributed by atoms with Crippen LogP contribution in [0.25, 0.3) is 0 Å². The Bertz CT molecular complexity index is 360. The molecule has 4 bridgehead atoms. The van der Waals surface area contributed by atoms with Gasteiger partial charge >= 0.3 is 0 Å². The van der Waals surface area contributed by atoms with E-state index in [2.05, 4.69) is 0 Å². The Labute approximate surface area is 123 Å². The van der Waals surface area contributed by atoms with Gasteiger partial charge in [0.1, 0.15) is 0 Å². The zero-order valence-electron chi connectivity index (χ0n) is 12.7. The molecule has 6 atom stereocenters. The topological polar surface area (TPSA) is 104 Å². The predicted molar refractivity (Wildman–Crippen MR) is 82.8 cm³/mol. The van der Waals surface area contributed by atoms with Crippen molar-refractivity contribution in [1.29, 1.82) is 0 Å². The Hall–Kier alpha value is -0.160. The molecule has 0 saturated heterocycles. The quantitative estimate of drug-likeness (QED) is 0.604. The van der Waals surface area contributed by atoms with E-state index < -0.39 is 0 Å². The minimum absolute atomic E-state index is 0.0463. The molecule has 0 heterocycles. The summed E-state index contributed by atoms with van der Waals surface area (Å²) >= 11 is 0. The summed E-state index contributed by atoms with van der Waals surface area (Å²) in [6.07, 6.45) is 10.3. The van der Waals surface area contributed by atoms with Gasteiger partial charge in [0.05, 0.1) is 0 Å². The summed E-state index contributed by atoms with van der Waals surface area (Å²) in [4.78, 5) is 0. The summed E-state index contributed by atoms with van der Waals surface area (Å²) in [7, 11) is 0. The minimum Gasteiger partial charge on any atom is -0.330 e. The summed E-state index contributed by atoms with van der Waals surface area (Å²) in [5, 5.41) is 0. The Morgan fingerprint density at radius 2 is 1.65 bits per heavy atom. The molecule has 20 heavy (non-hydrogen) atoms. The van der Waals surface area contributed by atoms with Crippen LogP contribution in [0.15, 0.2) is 0 Å². The molecule has 0 radical (unpaired) electrons. The fourth-order valence-electron chi connectivity index (χ4n) is 5.54. The first-order valence-corrected chi connectivity index (χ1v) is 8.46. The molecule has 4 saturated carbocycles. The van der Waals surface area contributed by atoms with Crippen molar-refractivity contribution in [2.45, 2.75) is 62.9 Å². The van der Waals surface area contributed by atoms with Crippen molar-refractivity contribution in [3.63, 3.8) is 0 Å². The van der Waals surface area contributed by atoms with Gasteiger partial charge in [-0.15, -0.1) is 0 Å². The predicted octanol–water partition coefficient (Wildman–Crippen LogP) is 0.925. The molecular weight excluding hydrogens is 248 g/mol. The van der Waals surface area contributed by atoms with Gasteiger partial charge in [-0.05, 0) is 87.6 Å². The molecule has 8 N–H and O–H groups in total. The first kappa shape index (κ1) is 14.8. The lowest BCUT2D eigenvalue weighted by Crippen LogP contribution is -2.50. The Morgan fingerprint density at radius 1 is 0.950 bits per heavy atom. The van der Waals surface area contributed by atoms with Crippen LogP contribution in [0.2, 0.25) is 0 Å². The molecule has 4 rings (SSSR count). The van der Waals surface area contributed by atoms with Gasteiger partial charge in [0.2, 0.25) is 0 Å². The van der Waals surface area contributed by atoms with Gasteiger partial charge in [-0.3, -0.25) is 0 Å². The van der Waals surface area contributed by atoms with Gasteiger partial charge in [-0.25, -0.2) is 0 Å². The minimum atomic E-state index is 0.0463. The van der Waals surface area contributed by atoms with Gasteiger partial charge in [0.15, 0.2) is 0 Å². The lowest BCUT2D eigenvalue weighted by molar-refractivity contribution is 0.200. The summed E-state index contributed by atoms with van der Waals surface area (Å²) in [6.45, 7) is 1.72. The number of hydrogen-bond acceptors (Lipinski definition) is 4. The van der Waals surface area contributed by atoms with E-state index in [-0.39, 0.29) is 5.54 Å². The lowest BCUT2D eigenvalue weighted by Gasteiger charge is -2.33. The highest BCUT2D eigenvalue weighted by Gasteiger charge is 2.50. The SMILES string of the molecule is NC1CC2CCC1(N)C2.NCC1CC2CCC1(CN)C2. The summed E-state index contributed by atoms with van der Waals surface area (Å²) in [5.41, 5.74) is 23.9. The highest BCUT2D eigenvalue weighted by Crippen LogP contribution is 2.56. The number of rotatable bonds is 2. The molecule has 0 spiro atoms. The van der Waals surface area contributed by atoms with E-state index >= 15 is 0 Å². The average Bonchev–Trinajstić information content (AvgIpc) is 3.16. The highest BCUT2D eigenvalue weighted by molar-refractivity contribution is 5.08. The third-order valence-electron chi connectivity index (χ3n) is 6.93. The van der Waals surface area contributed by atoms with Crippen LogP contribution in [0.5, 0.6) is 0 Å². The monoisotopic (exact) mass is 280 g/mol. The van der Waals surface area contributed by atoms with E-state index in [9.17, 15) is 0 Å². The molecule has 4 heteroatoms. The number of fused-ring (bicyclic) bond motifs is 4. The van der Waals surface area contributed by atoms with Crippen LogP contribution in [0.3, 0.4) is 0 Å². The van der Waals surface area contributed by atoms with Crippen molar-refractivity contribution in [3.8, 4) is 0 Å². The fourth-order valence-corrected chi connectivity index (χ4v) is 5.54. The molecule has 0 aliphatic heterocycles. The van der Waals surface area contributed by atoms with E-state index in [0.717, 1.165) is 30.8 Å². The molecule has 6 unspecified atom stereocenters. The molecule has 4 fully saturated rings. The second-order valence-corrected chi connectivity index (χ2v) is 8.03. The van der Waals surface area contributed by atoms with Gasteiger partial charge in [0, 0.05) is 11.6 Å². The molecule has 0 aromatic rings. The normalized spacial score (nSPS) is 52.2. The average molecular weight is 280 g/mol. The lowest BCUT2D eigenvalue weighted by atomic mass is 9.75. The Kier molecular flexibility index (Phi) is 3.87. The maximum atomic E-state index is 6.02. The third-order valence-corrected chi connectivity index (χ3v) is 6.93. The zero-order chi connectivity index (χ0) is 14.4. The fraction of sp³-hybridized carbons (Fsp3) is 1.00. The molecule has 0 aromatic carbocycles. The second-order valence-electron chi connectivity index (χ2n) is 8.03. The van der Waals surface area contributed by atoms with Crippen molar-refractivity contribution in [2.75, 3.05) is 13.1 Å². The van der Waals surface area contributed by atoms with Crippen LogP contribution in [0.1, 0.15) is 51.4 Å².